The molecule has 2 aliphatic rings. The second kappa shape index (κ2) is 6.10. The number of benzene rings is 1. The molecule has 1 fully saturated rings. The van der Waals surface area contributed by atoms with Crippen molar-refractivity contribution in [3.8, 4) is 5.75 Å². The maximum absolute atomic E-state index is 12.8. The summed E-state index contributed by atoms with van der Waals surface area (Å²) in [5.41, 5.74) is 2.05. The van der Waals surface area contributed by atoms with Crippen molar-refractivity contribution in [3.05, 3.63) is 23.8 Å². The van der Waals surface area contributed by atoms with Crippen molar-refractivity contribution < 1.29 is 17.9 Å². The van der Waals surface area contributed by atoms with E-state index in [4.69, 9.17) is 9.88 Å². The summed E-state index contributed by atoms with van der Waals surface area (Å²) in [6, 6.07) is 5.73. The summed E-state index contributed by atoms with van der Waals surface area (Å²) < 4.78 is 29.1. The van der Waals surface area contributed by atoms with Gasteiger partial charge in [-0.15, -0.1) is 0 Å². The van der Waals surface area contributed by atoms with Gasteiger partial charge in [0.05, 0.1) is 7.11 Å². The number of rotatable bonds is 3. The highest BCUT2D eigenvalue weighted by molar-refractivity contribution is 7.86. The molecular weight excluding hydrogens is 318 g/mol. The van der Waals surface area contributed by atoms with Crippen LogP contribution in [0.4, 0.5) is 5.69 Å². The van der Waals surface area contributed by atoms with E-state index in [9.17, 15) is 13.2 Å². The standard InChI is InChI=1S/C15H21N3O4S/c1-22-13-2-3-14-12(10-13)6-9-18(14)15(19)11-4-7-17(8-5-11)23(16,20)21/h2-3,10-11H,4-9H2,1H3,(H2,16,20,21). The Bertz CT molecular complexity index is 711. The van der Waals surface area contributed by atoms with Gasteiger partial charge in [0.15, 0.2) is 0 Å². The Morgan fingerprint density at radius 1 is 1.26 bits per heavy atom. The third-order valence-corrected chi connectivity index (χ3v) is 5.70. The van der Waals surface area contributed by atoms with Gasteiger partial charge in [-0.1, -0.05) is 0 Å². The summed E-state index contributed by atoms with van der Waals surface area (Å²) in [6.07, 6.45) is 1.84. The van der Waals surface area contributed by atoms with Gasteiger partial charge in [-0.25, -0.2) is 5.14 Å². The summed E-state index contributed by atoms with van der Waals surface area (Å²) in [5.74, 6) is 0.712. The third kappa shape index (κ3) is 3.19. The number of ether oxygens (including phenoxy) is 1. The summed E-state index contributed by atoms with van der Waals surface area (Å²) in [5, 5.41) is 5.14. The number of piperidine rings is 1. The van der Waals surface area contributed by atoms with Gasteiger partial charge in [-0.3, -0.25) is 4.79 Å². The second-order valence-corrected chi connectivity index (χ2v) is 7.50. The van der Waals surface area contributed by atoms with Gasteiger partial charge in [-0.05, 0) is 43.0 Å². The van der Waals surface area contributed by atoms with Crippen molar-refractivity contribution in [1.82, 2.24) is 4.31 Å². The van der Waals surface area contributed by atoms with Gasteiger partial charge in [-0.2, -0.15) is 12.7 Å². The number of carbonyl (C=O) groups is 1. The number of fused-ring (bicyclic) bond motifs is 1. The van der Waals surface area contributed by atoms with Crippen LogP contribution in [0.1, 0.15) is 18.4 Å². The zero-order chi connectivity index (χ0) is 16.6. The van der Waals surface area contributed by atoms with E-state index in [0.29, 0.717) is 32.5 Å². The first-order chi connectivity index (χ1) is 10.9. The van der Waals surface area contributed by atoms with E-state index in [1.165, 1.54) is 4.31 Å². The molecular formula is C15H21N3O4S. The first kappa shape index (κ1) is 16.2. The fourth-order valence-corrected chi connectivity index (χ4v) is 4.03. The molecule has 1 aromatic rings. The molecule has 8 heteroatoms. The van der Waals surface area contributed by atoms with Crippen LogP contribution in [0.15, 0.2) is 18.2 Å². The van der Waals surface area contributed by atoms with E-state index in [1.807, 2.05) is 23.1 Å². The molecule has 0 saturated carbocycles. The number of hydrogen-bond donors (Lipinski definition) is 1. The topological polar surface area (TPSA) is 92.9 Å². The molecule has 3 rings (SSSR count). The van der Waals surface area contributed by atoms with Crippen LogP contribution in [0.2, 0.25) is 0 Å². The Morgan fingerprint density at radius 3 is 2.57 bits per heavy atom. The van der Waals surface area contributed by atoms with Crippen LogP contribution >= 0.6 is 0 Å². The number of anilines is 1. The van der Waals surface area contributed by atoms with Crippen molar-refractivity contribution in [2.45, 2.75) is 19.3 Å². The van der Waals surface area contributed by atoms with Gasteiger partial charge in [0.25, 0.3) is 10.2 Å². The summed E-state index contributed by atoms with van der Waals surface area (Å²) in [6.45, 7) is 1.27. The van der Waals surface area contributed by atoms with E-state index >= 15 is 0 Å². The monoisotopic (exact) mass is 339 g/mol. The summed E-state index contributed by atoms with van der Waals surface area (Å²) in [4.78, 5) is 14.6. The minimum atomic E-state index is -3.66. The first-order valence-corrected chi connectivity index (χ1v) is 9.16. The maximum atomic E-state index is 12.8. The van der Waals surface area contributed by atoms with Gasteiger partial charge in [0.1, 0.15) is 5.75 Å². The van der Waals surface area contributed by atoms with Gasteiger partial charge >= 0.3 is 0 Å². The normalized spacial score (nSPS) is 19.7. The van der Waals surface area contributed by atoms with Gasteiger partial charge < -0.3 is 9.64 Å². The average Bonchev–Trinajstić information content (AvgIpc) is 2.96. The van der Waals surface area contributed by atoms with E-state index in [1.54, 1.807) is 7.11 Å². The lowest BCUT2D eigenvalue weighted by molar-refractivity contribution is -0.123. The molecule has 0 radical (unpaired) electrons. The Morgan fingerprint density at radius 2 is 1.96 bits per heavy atom. The fourth-order valence-electron chi connectivity index (χ4n) is 3.31. The molecule has 0 spiro atoms. The largest absolute Gasteiger partial charge is 0.497 e. The molecule has 1 saturated heterocycles. The Hall–Kier alpha value is -1.64. The Kier molecular flexibility index (Phi) is 4.31. The minimum absolute atomic E-state index is 0.0722. The third-order valence-electron chi connectivity index (χ3n) is 4.61. The van der Waals surface area contributed by atoms with Crippen molar-refractivity contribution in [2.24, 2.45) is 11.1 Å². The zero-order valence-corrected chi connectivity index (χ0v) is 13.9. The molecule has 0 atom stereocenters. The highest BCUT2D eigenvalue weighted by Gasteiger charge is 2.34. The van der Waals surface area contributed by atoms with Crippen LogP contribution in [0, 0.1) is 5.92 Å². The van der Waals surface area contributed by atoms with Crippen molar-refractivity contribution in [3.63, 3.8) is 0 Å². The predicted octanol–water partition coefficient (Wildman–Crippen LogP) is 0.500. The first-order valence-electron chi connectivity index (χ1n) is 7.66. The smallest absolute Gasteiger partial charge is 0.276 e. The van der Waals surface area contributed by atoms with E-state index in [0.717, 1.165) is 23.4 Å². The van der Waals surface area contributed by atoms with Crippen LogP contribution in [-0.4, -0.2) is 45.4 Å². The van der Waals surface area contributed by atoms with Gasteiger partial charge in [0.2, 0.25) is 5.91 Å². The molecule has 126 valence electrons. The van der Waals surface area contributed by atoms with Crippen LogP contribution in [0.3, 0.4) is 0 Å². The fraction of sp³-hybridized carbons (Fsp3) is 0.533. The quantitative estimate of drug-likeness (QED) is 0.868. The molecule has 0 aromatic heterocycles. The van der Waals surface area contributed by atoms with E-state index < -0.39 is 10.2 Å². The number of hydrogen-bond acceptors (Lipinski definition) is 4. The highest BCUT2D eigenvalue weighted by Crippen LogP contribution is 2.33. The van der Waals surface area contributed by atoms with Gasteiger partial charge in [0, 0.05) is 31.2 Å². The minimum Gasteiger partial charge on any atom is -0.497 e. The highest BCUT2D eigenvalue weighted by atomic mass is 32.2. The lowest BCUT2D eigenvalue weighted by Gasteiger charge is -2.31. The van der Waals surface area contributed by atoms with Crippen molar-refractivity contribution in [1.29, 1.82) is 0 Å². The Labute approximate surface area is 136 Å². The van der Waals surface area contributed by atoms with Crippen molar-refractivity contribution in [2.75, 3.05) is 31.6 Å². The van der Waals surface area contributed by atoms with Crippen molar-refractivity contribution >= 4 is 21.8 Å². The molecule has 2 aliphatic heterocycles. The number of methoxy groups -OCH3 is 1. The van der Waals surface area contributed by atoms with Crippen LogP contribution in [0.25, 0.3) is 0 Å². The molecule has 2 heterocycles. The summed E-state index contributed by atoms with van der Waals surface area (Å²) in [7, 11) is -2.03. The number of nitrogens with two attached hydrogens (primary N) is 1. The van der Waals surface area contributed by atoms with Crippen LogP contribution in [0.5, 0.6) is 5.75 Å². The molecule has 2 N–H and O–H groups in total. The average molecular weight is 339 g/mol. The maximum Gasteiger partial charge on any atom is 0.276 e. The number of nitrogens with zero attached hydrogens (tertiary/aromatic N) is 2. The second-order valence-electron chi connectivity index (χ2n) is 5.95. The lowest BCUT2D eigenvalue weighted by atomic mass is 9.96. The number of carbonyl (C=O) groups excluding carboxylic acids is 1. The molecule has 7 nitrogen and oxygen atoms in total. The molecule has 0 bridgehead atoms. The number of amides is 1. The Balaban J connectivity index is 1.70. The van der Waals surface area contributed by atoms with Crippen LogP contribution in [-0.2, 0) is 21.4 Å². The lowest BCUT2D eigenvalue weighted by Crippen LogP contribution is -2.46. The molecule has 1 aromatic carbocycles. The summed E-state index contributed by atoms with van der Waals surface area (Å²) >= 11 is 0. The predicted molar refractivity (Wildman–Crippen MR) is 86.5 cm³/mol. The SMILES string of the molecule is COc1ccc2c(c1)CCN2C(=O)C1CCN(S(N)(=O)=O)CC1. The molecule has 0 unspecified atom stereocenters. The van der Waals surface area contributed by atoms with Crippen LogP contribution < -0.4 is 14.8 Å². The molecule has 23 heavy (non-hydrogen) atoms. The molecule has 0 aliphatic carbocycles. The van der Waals surface area contributed by atoms with E-state index in [-0.39, 0.29) is 11.8 Å². The zero-order valence-electron chi connectivity index (χ0n) is 13.1. The molecule has 1 amide bonds. The van der Waals surface area contributed by atoms with E-state index in [2.05, 4.69) is 0 Å².